The predicted octanol–water partition coefficient (Wildman–Crippen LogP) is 7.96. The summed E-state index contributed by atoms with van der Waals surface area (Å²) < 4.78 is 6.32. The van der Waals surface area contributed by atoms with Gasteiger partial charge in [-0.3, -0.25) is 0 Å². The van der Waals surface area contributed by atoms with Crippen molar-refractivity contribution in [2.24, 2.45) is 0 Å². The van der Waals surface area contributed by atoms with Crippen LogP contribution in [0.2, 0.25) is 0 Å². The maximum absolute atomic E-state index is 12.6. The van der Waals surface area contributed by atoms with Crippen LogP contribution in [-0.2, 0) is 12.8 Å². The molecular formula is C37H36N6O2. The van der Waals surface area contributed by atoms with E-state index in [4.69, 9.17) is 4.42 Å². The molecule has 0 radical (unpaired) electrons. The van der Waals surface area contributed by atoms with Crippen molar-refractivity contribution in [2.45, 2.75) is 12.8 Å². The molecule has 45 heavy (non-hydrogen) atoms. The van der Waals surface area contributed by atoms with Gasteiger partial charge in [-0.25, -0.2) is 14.8 Å². The van der Waals surface area contributed by atoms with Crippen LogP contribution in [0.5, 0.6) is 0 Å². The fourth-order valence-corrected chi connectivity index (χ4v) is 5.22. The smallest absolute Gasteiger partial charge is 0.323 e. The minimum atomic E-state index is -0.276. The Kier molecular flexibility index (Phi) is 9.13. The Balaban J connectivity index is 1.09. The molecule has 0 unspecified atom stereocenters. The van der Waals surface area contributed by atoms with Crippen molar-refractivity contribution in [1.82, 2.24) is 14.9 Å². The van der Waals surface area contributed by atoms with Crippen molar-refractivity contribution in [3.8, 4) is 22.5 Å². The monoisotopic (exact) mass is 596 g/mol. The number of furan rings is 1. The van der Waals surface area contributed by atoms with Gasteiger partial charge in [0.05, 0.1) is 5.39 Å². The van der Waals surface area contributed by atoms with Crippen LogP contribution in [0, 0.1) is 0 Å². The lowest BCUT2D eigenvalue weighted by Crippen LogP contribution is -2.19. The van der Waals surface area contributed by atoms with E-state index in [1.165, 1.54) is 11.9 Å². The molecule has 0 aliphatic heterocycles. The quantitative estimate of drug-likeness (QED) is 0.140. The number of aromatic nitrogens is 2. The van der Waals surface area contributed by atoms with Crippen LogP contribution in [0.1, 0.15) is 11.1 Å². The number of amides is 2. The third kappa shape index (κ3) is 7.37. The standard InChI is InChI=1S/C37H36N6O2/c1-43(2)24-22-27-15-19-31(20-16-27)42-37(44)41-30-17-13-26(14-18-30)21-23-38-35-33-32(28-9-5-3-6-10-28)34(29-11-7-4-8-12-29)45-36(33)40-25-39-35/h3-20,25H,21-24H2,1-2H3,(H,38,39,40)(H2,41,42,44). The molecule has 0 fully saturated rings. The van der Waals surface area contributed by atoms with Crippen molar-refractivity contribution in [3.05, 3.63) is 127 Å². The zero-order valence-corrected chi connectivity index (χ0v) is 25.5. The second kappa shape index (κ2) is 13.9. The number of hydrogen-bond donors (Lipinski definition) is 3. The molecule has 0 aliphatic carbocycles. The minimum absolute atomic E-state index is 0.276. The summed E-state index contributed by atoms with van der Waals surface area (Å²) >= 11 is 0. The first-order valence-electron chi connectivity index (χ1n) is 15.1. The summed E-state index contributed by atoms with van der Waals surface area (Å²) in [6.45, 7) is 1.64. The summed E-state index contributed by atoms with van der Waals surface area (Å²) in [5, 5.41) is 10.2. The molecule has 6 rings (SSSR count). The Labute approximate surface area is 263 Å². The van der Waals surface area contributed by atoms with E-state index in [9.17, 15) is 4.79 Å². The summed E-state index contributed by atoms with van der Waals surface area (Å²) in [4.78, 5) is 23.8. The number of benzene rings is 4. The fourth-order valence-electron chi connectivity index (χ4n) is 5.22. The fraction of sp³-hybridized carbons (Fsp3) is 0.162. The van der Waals surface area contributed by atoms with Crippen molar-refractivity contribution in [3.63, 3.8) is 0 Å². The zero-order chi connectivity index (χ0) is 31.0. The number of hydrogen-bond acceptors (Lipinski definition) is 6. The van der Waals surface area contributed by atoms with Crippen molar-refractivity contribution >= 4 is 34.3 Å². The lowest BCUT2D eigenvalue weighted by atomic mass is 9.99. The highest BCUT2D eigenvalue weighted by atomic mass is 16.3. The van der Waals surface area contributed by atoms with Crippen molar-refractivity contribution in [1.29, 1.82) is 0 Å². The van der Waals surface area contributed by atoms with Gasteiger partial charge in [-0.1, -0.05) is 84.9 Å². The molecule has 8 heteroatoms. The zero-order valence-electron chi connectivity index (χ0n) is 25.5. The first-order valence-corrected chi connectivity index (χ1v) is 15.1. The second-order valence-corrected chi connectivity index (χ2v) is 11.1. The van der Waals surface area contributed by atoms with Crippen LogP contribution in [-0.4, -0.2) is 48.1 Å². The molecule has 6 aromatic rings. The molecule has 8 nitrogen and oxygen atoms in total. The van der Waals surface area contributed by atoms with E-state index in [2.05, 4.69) is 57.0 Å². The van der Waals surface area contributed by atoms with Crippen LogP contribution in [0.4, 0.5) is 22.0 Å². The van der Waals surface area contributed by atoms with Gasteiger partial charge in [-0.2, -0.15) is 0 Å². The van der Waals surface area contributed by atoms with Gasteiger partial charge in [-0.15, -0.1) is 0 Å². The number of nitrogens with one attached hydrogen (secondary N) is 3. The molecule has 0 aliphatic rings. The summed E-state index contributed by atoms with van der Waals surface area (Å²) in [5.41, 5.74) is 7.38. The Morgan fingerprint density at radius 3 is 1.89 bits per heavy atom. The van der Waals surface area contributed by atoms with E-state index in [1.54, 1.807) is 0 Å². The van der Waals surface area contributed by atoms with Crippen LogP contribution in [0.3, 0.4) is 0 Å². The number of carbonyl (C=O) groups excluding carboxylic acids is 1. The molecule has 0 saturated carbocycles. The highest BCUT2D eigenvalue weighted by Crippen LogP contribution is 2.42. The highest BCUT2D eigenvalue weighted by molar-refractivity contribution is 6.05. The average Bonchev–Trinajstić information content (AvgIpc) is 3.47. The number of anilines is 3. The summed E-state index contributed by atoms with van der Waals surface area (Å²) in [6, 6.07) is 35.8. The predicted molar refractivity (Wildman–Crippen MR) is 183 cm³/mol. The van der Waals surface area contributed by atoms with Crippen LogP contribution >= 0.6 is 0 Å². The van der Waals surface area contributed by atoms with E-state index < -0.39 is 0 Å². The maximum Gasteiger partial charge on any atom is 0.323 e. The van der Waals surface area contributed by atoms with Crippen LogP contribution in [0.15, 0.2) is 120 Å². The molecule has 2 aromatic heterocycles. The lowest BCUT2D eigenvalue weighted by Gasteiger charge is -2.11. The molecule has 0 saturated heterocycles. The van der Waals surface area contributed by atoms with Gasteiger partial charge in [-0.05, 0) is 67.9 Å². The Hall–Kier alpha value is -5.47. The third-order valence-corrected chi connectivity index (χ3v) is 7.56. The van der Waals surface area contributed by atoms with E-state index in [0.717, 1.165) is 70.0 Å². The van der Waals surface area contributed by atoms with Gasteiger partial charge in [0.2, 0.25) is 5.71 Å². The van der Waals surface area contributed by atoms with Gasteiger partial charge in [0.15, 0.2) is 0 Å². The van der Waals surface area contributed by atoms with Crippen molar-refractivity contribution < 1.29 is 9.21 Å². The topological polar surface area (TPSA) is 95.3 Å². The molecule has 226 valence electrons. The Bertz CT molecular complexity index is 1850. The van der Waals surface area contributed by atoms with Crippen LogP contribution in [0.25, 0.3) is 33.6 Å². The first kappa shape index (κ1) is 29.6. The Morgan fingerprint density at radius 2 is 1.29 bits per heavy atom. The van der Waals surface area contributed by atoms with Crippen LogP contribution < -0.4 is 16.0 Å². The van der Waals surface area contributed by atoms with Gasteiger partial charge in [0, 0.05) is 35.6 Å². The molecule has 0 bridgehead atoms. The number of likely N-dealkylation sites (N-methyl/N-ethyl adjacent to an activating group) is 1. The summed E-state index contributed by atoms with van der Waals surface area (Å²) in [5.74, 6) is 1.50. The molecule has 3 N–H and O–H groups in total. The molecule has 0 spiro atoms. The average molecular weight is 597 g/mol. The number of carbonyl (C=O) groups is 1. The maximum atomic E-state index is 12.6. The molecule has 2 amide bonds. The molecular weight excluding hydrogens is 560 g/mol. The van der Waals surface area contributed by atoms with E-state index in [1.807, 2.05) is 97.1 Å². The molecule has 2 heterocycles. The van der Waals surface area contributed by atoms with E-state index >= 15 is 0 Å². The second-order valence-electron chi connectivity index (χ2n) is 11.1. The third-order valence-electron chi connectivity index (χ3n) is 7.56. The van der Waals surface area contributed by atoms with E-state index in [-0.39, 0.29) is 6.03 Å². The molecule has 0 atom stereocenters. The summed E-state index contributed by atoms with van der Waals surface area (Å²) in [6.07, 6.45) is 3.27. The van der Waals surface area contributed by atoms with Crippen molar-refractivity contribution in [2.75, 3.05) is 43.1 Å². The number of nitrogens with zero attached hydrogens (tertiary/aromatic N) is 3. The Morgan fingerprint density at radius 1 is 0.711 bits per heavy atom. The van der Waals surface area contributed by atoms with E-state index in [0.29, 0.717) is 12.3 Å². The van der Waals surface area contributed by atoms with Gasteiger partial charge >= 0.3 is 6.03 Å². The van der Waals surface area contributed by atoms with Gasteiger partial charge in [0.25, 0.3) is 0 Å². The molecule has 4 aromatic carbocycles. The summed E-state index contributed by atoms with van der Waals surface area (Å²) in [7, 11) is 4.12. The largest absolute Gasteiger partial charge is 0.437 e. The lowest BCUT2D eigenvalue weighted by molar-refractivity contribution is 0.262. The first-order chi connectivity index (χ1) is 22.0. The number of rotatable bonds is 11. The number of fused-ring (bicyclic) bond motifs is 1. The SMILES string of the molecule is CN(C)CCc1ccc(NC(=O)Nc2ccc(CCNc3ncnc4oc(-c5ccccc5)c(-c5ccccc5)c34)cc2)cc1. The highest BCUT2D eigenvalue weighted by Gasteiger charge is 2.21. The van der Waals surface area contributed by atoms with Gasteiger partial charge in [0.1, 0.15) is 17.9 Å². The number of urea groups is 1. The normalized spacial score (nSPS) is 11.1. The van der Waals surface area contributed by atoms with Gasteiger partial charge < -0.3 is 25.3 Å². The minimum Gasteiger partial charge on any atom is -0.437 e.